The van der Waals surface area contributed by atoms with Gasteiger partial charge in [-0.2, -0.15) is 4.31 Å². The molecule has 0 unspecified atom stereocenters. The fourth-order valence-corrected chi connectivity index (χ4v) is 6.06. The van der Waals surface area contributed by atoms with Crippen LogP contribution in [0.25, 0.3) is 11.0 Å². The Morgan fingerprint density at radius 1 is 0.828 bits per heavy atom. The minimum atomic E-state index is -3.52. The molecular formula is C22H26N4O2S. The van der Waals surface area contributed by atoms with Crippen molar-refractivity contribution in [3.8, 4) is 0 Å². The van der Waals surface area contributed by atoms with Gasteiger partial charge in [0, 0.05) is 26.2 Å². The minimum Gasteiger partial charge on any atom is -0.352 e. The fraction of sp³-hybridized carbons (Fsp3) is 0.364. The third-order valence-corrected chi connectivity index (χ3v) is 7.67. The summed E-state index contributed by atoms with van der Waals surface area (Å²) in [5.74, 6) is 0.837. The van der Waals surface area contributed by atoms with Crippen molar-refractivity contribution in [2.75, 3.05) is 31.1 Å². The molecule has 1 aliphatic heterocycles. The lowest BCUT2D eigenvalue weighted by molar-refractivity contribution is 0.383. The van der Waals surface area contributed by atoms with Gasteiger partial charge >= 0.3 is 0 Å². The first-order valence-electron chi connectivity index (χ1n) is 9.84. The molecule has 2 aromatic carbocycles. The molecule has 1 aliphatic rings. The number of piperazine rings is 1. The number of aromatic nitrogens is 2. The number of rotatable bonds is 3. The van der Waals surface area contributed by atoms with Crippen molar-refractivity contribution in [2.45, 2.75) is 32.6 Å². The second-order valence-corrected chi connectivity index (χ2v) is 9.62. The SMILES string of the molecule is Cc1cc(C)c(S(=O)(=O)N2CCN(c3nc4ccccc4nc3C)CC2)c(C)c1. The zero-order valence-corrected chi connectivity index (χ0v) is 18.1. The molecule has 6 nitrogen and oxygen atoms in total. The number of hydrogen-bond donors (Lipinski definition) is 0. The fourth-order valence-electron chi connectivity index (χ4n) is 4.22. The van der Waals surface area contributed by atoms with Gasteiger partial charge in [-0.25, -0.2) is 18.4 Å². The van der Waals surface area contributed by atoms with Gasteiger partial charge in [-0.05, 0) is 51.0 Å². The van der Waals surface area contributed by atoms with Gasteiger partial charge in [0.2, 0.25) is 10.0 Å². The Labute approximate surface area is 172 Å². The van der Waals surface area contributed by atoms with Crippen LogP contribution in [0.5, 0.6) is 0 Å². The molecule has 0 aliphatic carbocycles. The predicted molar refractivity (Wildman–Crippen MR) is 116 cm³/mol. The average Bonchev–Trinajstić information content (AvgIpc) is 2.66. The van der Waals surface area contributed by atoms with Gasteiger partial charge in [-0.3, -0.25) is 0 Å². The summed E-state index contributed by atoms with van der Waals surface area (Å²) >= 11 is 0. The van der Waals surface area contributed by atoms with Crippen LogP contribution >= 0.6 is 0 Å². The van der Waals surface area contributed by atoms with E-state index >= 15 is 0 Å². The lowest BCUT2D eigenvalue weighted by atomic mass is 10.1. The third-order valence-electron chi connectivity index (χ3n) is 5.46. The summed E-state index contributed by atoms with van der Waals surface area (Å²) in [5.41, 5.74) is 5.29. The zero-order chi connectivity index (χ0) is 20.8. The van der Waals surface area contributed by atoms with E-state index in [-0.39, 0.29) is 0 Å². The number of hydrogen-bond acceptors (Lipinski definition) is 5. The van der Waals surface area contributed by atoms with E-state index in [9.17, 15) is 8.42 Å². The maximum absolute atomic E-state index is 13.3. The van der Waals surface area contributed by atoms with Crippen molar-refractivity contribution >= 4 is 26.9 Å². The van der Waals surface area contributed by atoms with Crippen LogP contribution < -0.4 is 4.90 Å². The number of aryl methyl sites for hydroxylation is 4. The van der Waals surface area contributed by atoms with Crippen LogP contribution in [0.1, 0.15) is 22.4 Å². The quantitative estimate of drug-likeness (QED) is 0.662. The topological polar surface area (TPSA) is 66.4 Å². The second-order valence-electron chi connectivity index (χ2n) is 7.74. The molecule has 152 valence electrons. The maximum Gasteiger partial charge on any atom is 0.243 e. The molecule has 2 heterocycles. The van der Waals surface area contributed by atoms with Crippen LogP contribution in [0.3, 0.4) is 0 Å². The average molecular weight is 411 g/mol. The number of benzene rings is 2. The van der Waals surface area contributed by atoms with Crippen molar-refractivity contribution < 1.29 is 8.42 Å². The first kappa shape index (κ1) is 19.8. The monoisotopic (exact) mass is 410 g/mol. The van der Waals surface area contributed by atoms with E-state index < -0.39 is 10.0 Å². The molecule has 0 radical (unpaired) electrons. The normalized spacial score (nSPS) is 15.8. The molecular weight excluding hydrogens is 384 g/mol. The van der Waals surface area contributed by atoms with E-state index in [1.165, 1.54) is 0 Å². The third kappa shape index (κ3) is 3.60. The van der Waals surface area contributed by atoms with Gasteiger partial charge in [0.25, 0.3) is 0 Å². The zero-order valence-electron chi connectivity index (χ0n) is 17.3. The van der Waals surface area contributed by atoms with E-state index in [1.54, 1.807) is 4.31 Å². The number of nitrogens with zero attached hydrogens (tertiary/aromatic N) is 4. The molecule has 1 fully saturated rings. The van der Waals surface area contributed by atoms with Gasteiger partial charge in [0.15, 0.2) is 5.82 Å². The van der Waals surface area contributed by atoms with E-state index in [4.69, 9.17) is 4.98 Å². The van der Waals surface area contributed by atoms with Gasteiger partial charge < -0.3 is 4.90 Å². The Hall–Kier alpha value is -2.51. The highest BCUT2D eigenvalue weighted by Gasteiger charge is 2.31. The highest BCUT2D eigenvalue weighted by molar-refractivity contribution is 7.89. The molecule has 0 atom stereocenters. The molecule has 0 saturated carbocycles. The van der Waals surface area contributed by atoms with Crippen LogP contribution in [0.2, 0.25) is 0 Å². The van der Waals surface area contributed by atoms with Gasteiger partial charge in [0.05, 0.1) is 21.6 Å². The largest absolute Gasteiger partial charge is 0.352 e. The first-order valence-corrected chi connectivity index (χ1v) is 11.3. The van der Waals surface area contributed by atoms with Crippen molar-refractivity contribution in [3.63, 3.8) is 0 Å². The van der Waals surface area contributed by atoms with Crippen molar-refractivity contribution in [2.24, 2.45) is 0 Å². The summed E-state index contributed by atoms with van der Waals surface area (Å²) < 4.78 is 28.2. The molecule has 0 bridgehead atoms. The molecule has 4 rings (SSSR count). The summed E-state index contributed by atoms with van der Waals surface area (Å²) in [7, 11) is -3.52. The van der Waals surface area contributed by atoms with Crippen molar-refractivity contribution in [1.82, 2.24) is 14.3 Å². The van der Waals surface area contributed by atoms with Crippen LogP contribution in [0.4, 0.5) is 5.82 Å². The molecule has 1 aromatic heterocycles. The summed E-state index contributed by atoms with van der Waals surface area (Å²) in [6.07, 6.45) is 0. The summed E-state index contributed by atoms with van der Waals surface area (Å²) in [5, 5.41) is 0. The van der Waals surface area contributed by atoms with Crippen molar-refractivity contribution in [1.29, 1.82) is 0 Å². The Kier molecular flexibility index (Phi) is 5.04. The Balaban J connectivity index is 1.58. The smallest absolute Gasteiger partial charge is 0.243 e. The Morgan fingerprint density at radius 2 is 1.38 bits per heavy atom. The van der Waals surface area contributed by atoms with Gasteiger partial charge in [0.1, 0.15) is 0 Å². The van der Waals surface area contributed by atoms with Crippen LogP contribution in [0, 0.1) is 27.7 Å². The lowest BCUT2D eigenvalue weighted by Crippen LogP contribution is -2.49. The minimum absolute atomic E-state index is 0.434. The van der Waals surface area contributed by atoms with E-state index in [1.807, 2.05) is 64.1 Å². The highest BCUT2D eigenvalue weighted by Crippen LogP contribution is 2.27. The first-order chi connectivity index (χ1) is 13.8. The molecule has 29 heavy (non-hydrogen) atoms. The van der Waals surface area contributed by atoms with Gasteiger partial charge in [-0.15, -0.1) is 0 Å². The van der Waals surface area contributed by atoms with E-state index in [0.717, 1.165) is 39.2 Å². The predicted octanol–water partition coefficient (Wildman–Crippen LogP) is 3.37. The molecule has 0 amide bonds. The summed E-state index contributed by atoms with van der Waals surface area (Å²) in [6, 6.07) is 11.7. The second kappa shape index (κ2) is 7.39. The summed E-state index contributed by atoms with van der Waals surface area (Å²) in [6.45, 7) is 9.74. The standard InChI is InChI=1S/C22H26N4O2S/c1-15-13-16(2)21(17(3)14-15)29(27,28)26-11-9-25(10-12-26)22-18(4)23-19-7-5-6-8-20(19)24-22/h5-8,13-14H,9-12H2,1-4H3. The number of fused-ring (bicyclic) bond motifs is 1. The maximum atomic E-state index is 13.3. The summed E-state index contributed by atoms with van der Waals surface area (Å²) in [4.78, 5) is 12.0. The van der Waals surface area contributed by atoms with Gasteiger partial charge in [-0.1, -0.05) is 29.8 Å². The number of sulfonamides is 1. The van der Waals surface area contributed by atoms with Crippen LogP contribution in [-0.4, -0.2) is 48.9 Å². The molecule has 0 spiro atoms. The van der Waals surface area contributed by atoms with Crippen LogP contribution in [0.15, 0.2) is 41.3 Å². The number of para-hydroxylation sites is 2. The Bertz CT molecular complexity index is 1160. The molecule has 1 saturated heterocycles. The Morgan fingerprint density at radius 3 is 1.97 bits per heavy atom. The lowest BCUT2D eigenvalue weighted by Gasteiger charge is -2.35. The molecule has 7 heteroatoms. The number of anilines is 1. The van der Waals surface area contributed by atoms with E-state index in [2.05, 4.69) is 9.88 Å². The van der Waals surface area contributed by atoms with Crippen LogP contribution in [-0.2, 0) is 10.0 Å². The molecule has 3 aromatic rings. The highest BCUT2D eigenvalue weighted by atomic mass is 32.2. The van der Waals surface area contributed by atoms with Crippen molar-refractivity contribution in [3.05, 3.63) is 58.8 Å². The van der Waals surface area contributed by atoms with E-state index in [0.29, 0.717) is 31.1 Å². The molecule has 0 N–H and O–H groups in total.